The summed E-state index contributed by atoms with van der Waals surface area (Å²) >= 11 is 0. The van der Waals surface area contributed by atoms with Gasteiger partial charge in [-0.25, -0.2) is 0 Å². The van der Waals surface area contributed by atoms with Crippen molar-refractivity contribution in [1.29, 1.82) is 0 Å². The Hall–Kier alpha value is -2.47. The molecule has 4 rings (SSSR count). The fourth-order valence-corrected chi connectivity index (χ4v) is 4.94. The summed E-state index contributed by atoms with van der Waals surface area (Å²) in [5.41, 5.74) is 2.22. The number of nitrogens with zero attached hydrogens (tertiary/aromatic N) is 2. The predicted molar refractivity (Wildman–Crippen MR) is 110 cm³/mol. The van der Waals surface area contributed by atoms with Crippen molar-refractivity contribution in [2.24, 2.45) is 5.41 Å². The summed E-state index contributed by atoms with van der Waals surface area (Å²) in [6.07, 6.45) is 4.95. The van der Waals surface area contributed by atoms with Crippen molar-refractivity contribution >= 4 is 5.91 Å². The SMILES string of the molecule is COc1cccc(CN2CCC[C@]3(CCN(C(=O)c4occc4C)C3)C2)c1OC. The van der Waals surface area contributed by atoms with Crippen LogP contribution in [0.5, 0.6) is 11.5 Å². The molecule has 2 fully saturated rings. The Kier molecular flexibility index (Phi) is 5.54. The van der Waals surface area contributed by atoms with E-state index in [0.29, 0.717) is 5.76 Å². The molecular weight excluding hydrogens is 368 g/mol. The zero-order valence-electron chi connectivity index (χ0n) is 17.6. The maximum Gasteiger partial charge on any atom is 0.289 e. The van der Waals surface area contributed by atoms with E-state index in [4.69, 9.17) is 13.9 Å². The first kappa shape index (κ1) is 19.8. The largest absolute Gasteiger partial charge is 0.493 e. The minimum atomic E-state index is 0.0240. The van der Waals surface area contributed by atoms with Gasteiger partial charge in [-0.3, -0.25) is 9.69 Å². The molecule has 29 heavy (non-hydrogen) atoms. The van der Waals surface area contributed by atoms with Crippen LogP contribution in [0.2, 0.25) is 0 Å². The number of likely N-dealkylation sites (tertiary alicyclic amines) is 2. The molecule has 6 heteroatoms. The van der Waals surface area contributed by atoms with Crippen LogP contribution in [0.1, 0.15) is 40.9 Å². The Morgan fingerprint density at radius 3 is 2.72 bits per heavy atom. The lowest BCUT2D eigenvalue weighted by Crippen LogP contribution is -2.45. The number of para-hydroxylation sites is 1. The highest BCUT2D eigenvalue weighted by molar-refractivity contribution is 5.93. The fraction of sp³-hybridized carbons (Fsp3) is 0.522. The van der Waals surface area contributed by atoms with E-state index >= 15 is 0 Å². The lowest BCUT2D eigenvalue weighted by atomic mass is 9.79. The quantitative estimate of drug-likeness (QED) is 0.768. The molecule has 1 aromatic carbocycles. The first-order valence-electron chi connectivity index (χ1n) is 10.3. The molecule has 2 aliphatic heterocycles. The van der Waals surface area contributed by atoms with Crippen molar-refractivity contribution in [1.82, 2.24) is 9.80 Å². The molecule has 0 saturated carbocycles. The van der Waals surface area contributed by atoms with Crippen LogP contribution >= 0.6 is 0 Å². The molecule has 1 amide bonds. The average molecular weight is 399 g/mol. The number of ether oxygens (including phenoxy) is 2. The molecule has 1 atom stereocenters. The summed E-state index contributed by atoms with van der Waals surface area (Å²) in [5.74, 6) is 2.08. The van der Waals surface area contributed by atoms with Gasteiger partial charge in [0.1, 0.15) is 0 Å². The standard InChI is InChI=1S/C23H30N2O4/c1-17-8-13-29-20(17)22(26)25-12-10-23(16-25)9-5-11-24(15-23)14-18-6-4-7-19(27-2)21(18)28-3/h4,6-8,13H,5,9-12,14-16H2,1-3H3/t23-/m0/s1. The van der Waals surface area contributed by atoms with E-state index < -0.39 is 0 Å². The van der Waals surface area contributed by atoms with Crippen molar-refractivity contribution in [3.63, 3.8) is 0 Å². The maximum absolute atomic E-state index is 12.9. The molecule has 0 radical (unpaired) electrons. The molecule has 2 saturated heterocycles. The highest BCUT2D eigenvalue weighted by Gasteiger charge is 2.43. The minimum Gasteiger partial charge on any atom is -0.493 e. The van der Waals surface area contributed by atoms with Crippen molar-refractivity contribution in [2.45, 2.75) is 32.7 Å². The Bertz CT molecular complexity index is 878. The molecule has 3 heterocycles. The van der Waals surface area contributed by atoms with E-state index in [1.54, 1.807) is 20.5 Å². The van der Waals surface area contributed by atoms with Crippen LogP contribution in [-0.2, 0) is 6.54 Å². The van der Waals surface area contributed by atoms with Gasteiger partial charge in [0.25, 0.3) is 5.91 Å². The fourth-order valence-electron chi connectivity index (χ4n) is 4.94. The number of benzene rings is 1. The third-order valence-corrected chi connectivity index (χ3v) is 6.40. The molecule has 0 unspecified atom stereocenters. The number of hydrogen-bond acceptors (Lipinski definition) is 5. The van der Waals surface area contributed by atoms with Crippen LogP contribution in [0, 0.1) is 12.3 Å². The second-order valence-electron chi connectivity index (χ2n) is 8.38. The third kappa shape index (κ3) is 3.86. The first-order valence-corrected chi connectivity index (χ1v) is 10.3. The Labute approximate surface area is 172 Å². The van der Waals surface area contributed by atoms with Gasteiger partial charge in [-0.1, -0.05) is 12.1 Å². The van der Waals surface area contributed by atoms with Crippen molar-refractivity contribution in [3.05, 3.63) is 47.4 Å². The molecule has 2 aromatic rings. The number of aryl methyl sites for hydroxylation is 1. The van der Waals surface area contributed by atoms with Crippen LogP contribution in [0.25, 0.3) is 0 Å². The second kappa shape index (κ2) is 8.11. The van der Waals surface area contributed by atoms with E-state index in [0.717, 1.165) is 68.2 Å². The molecule has 1 aromatic heterocycles. The van der Waals surface area contributed by atoms with Crippen LogP contribution in [-0.4, -0.2) is 56.1 Å². The molecular formula is C23H30N2O4. The molecule has 0 aliphatic carbocycles. The first-order chi connectivity index (χ1) is 14.0. The Morgan fingerprint density at radius 1 is 1.14 bits per heavy atom. The van der Waals surface area contributed by atoms with Crippen molar-refractivity contribution < 1.29 is 18.7 Å². The molecule has 156 valence electrons. The van der Waals surface area contributed by atoms with Gasteiger partial charge in [0, 0.05) is 42.7 Å². The number of rotatable bonds is 5. The highest BCUT2D eigenvalue weighted by atomic mass is 16.5. The minimum absolute atomic E-state index is 0.0240. The maximum atomic E-state index is 12.9. The average Bonchev–Trinajstić information content (AvgIpc) is 3.34. The third-order valence-electron chi connectivity index (χ3n) is 6.40. The van der Waals surface area contributed by atoms with Crippen LogP contribution in [0.3, 0.4) is 0 Å². The molecule has 6 nitrogen and oxygen atoms in total. The Balaban J connectivity index is 1.45. The normalized spacial score (nSPS) is 22.2. The van der Waals surface area contributed by atoms with E-state index in [1.807, 2.05) is 30.0 Å². The lowest BCUT2D eigenvalue weighted by Gasteiger charge is -2.40. The van der Waals surface area contributed by atoms with Crippen LogP contribution < -0.4 is 9.47 Å². The number of amides is 1. The summed E-state index contributed by atoms with van der Waals surface area (Å²) in [7, 11) is 3.36. The summed E-state index contributed by atoms with van der Waals surface area (Å²) in [6.45, 7) is 6.41. The van der Waals surface area contributed by atoms with Gasteiger partial charge in [-0.15, -0.1) is 0 Å². The van der Waals surface area contributed by atoms with Crippen LogP contribution in [0.4, 0.5) is 0 Å². The number of methoxy groups -OCH3 is 2. The lowest BCUT2D eigenvalue weighted by molar-refractivity contribution is 0.0649. The Morgan fingerprint density at radius 2 is 2.00 bits per heavy atom. The van der Waals surface area contributed by atoms with Gasteiger partial charge in [-0.05, 0) is 44.9 Å². The molecule has 0 bridgehead atoms. The highest BCUT2D eigenvalue weighted by Crippen LogP contribution is 2.41. The smallest absolute Gasteiger partial charge is 0.289 e. The number of carbonyl (C=O) groups excluding carboxylic acids is 1. The zero-order chi connectivity index (χ0) is 20.4. The summed E-state index contributed by atoms with van der Waals surface area (Å²) in [6, 6.07) is 7.89. The summed E-state index contributed by atoms with van der Waals surface area (Å²) < 4.78 is 16.5. The summed E-state index contributed by atoms with van der Waals surface area (Å²) in [4.78, 5) is 17.3. The summed E-state index contributed by atoms with van der Waals surface area (Å²) in [5, 5.41) is 0. The van der Waals surface area contributed by atoms with Gasteiger partial charge in [0.2, 0.25) is 0 Å². The zero-order valence-corrected chi connectivity index (χ0v) is 17.6. The topological polar surface area (TPSA) is 55.2 Å². The van der Waals surface area contributed by atoms with E-state index in [2.05, 4.69) is 11.0 Å². The van der Waals surface area contributed by atoms with E-state index in [1.165, 1.54) is 6.42 Å². The predicted octanol–water partition coefficient (Wildman–Crippen LogP) is 3.73. The van der Waals surface area contributed by atoms with Gasteiger partial charge < -0.3 is 18.8 Å². The number of hydrogen-bond donors (Lipinski definition) is 0. The van der Waals surface area contributed by atoms with Gasteiger partial charge in [0.15, 0.2) is 17.3 Å². The second-order valence-corrected chi connectivity index (χ2v) is 8.38. The molecule has 1 spiro atoms. The van der Waals surface area contributed by atoms with Gasteiger partial charge in [0.05, 0.1) is 20.5 Å². The van der Waals surface area contributed by atoms with Crippen molar-refractivity contribution in [3.8, 4) is 11.5 Å². The van der Waals surface area contributed by atoms with E-state index in [9.17, 15) is 4.79 Å². The molecule has 0 N–H and O–H groups in total. The van der Waals surface area contributed by atoms with E-state index in [-0.39, 0.29) is 11.3 Å². The van der Waals surface area contributed by atoms with Crippen molar-refractivity contribution in [2.75, 3.05) is 40.4 Å². The van der Waals surface area contributed by atoms with Crippen LogP contribution in [0.15, 0.2) is 34.9 Å². The number of piperidine rings is 1. The number of carbonyl (C=O) groups is 1. The number of furan rings is 1. The monoisotopic (exact) mass is 398 g/mol. The molecule has 2 aliphatic rings. The van der Waals surface area contributed by atoms with Gasteiger partial charge in [-0.2, -0.15) is 0 Å². The van der Waals surface area contributed by atoms with Gasteiger partial charge >= 0.3 is 0 Å².